The lowest BCUT2D eigenvalue weighted by Gasteiger charge is -2.09. The van der Waals surface area contributed by atoms with E-state index in [1.54, 1.807) is 6.92 Å². The molecule has 1 aromatic rings. The SMILES string of the molecule is CCOc1cc(Br)c(I)cc1C(C)=O. The summed E-state index contributed by atoms with van der Waals surface area (Å²) < 4.78 is 7.34. The topological polar surface area (TPSA) is 26.3 Å². The number of ether oxygens (including phenoxy) is 1. The minimum atomic E-state index is 0.0267. The molecule has 0 aliphatic rings. The van der Waals surface area contributed by atoms with Crippen molar-refractivity contribution in [3.63, 3.8) is 0 Å². The van der Waals surface area contributed by atoms with Crippen LogP contribution >= 0.6 is 38.5 Å². The lowest BCUT2D eigenvalue weighted by Crippen LogP contribution is -2.01. The Labute approximate surface area is 105 Å². The molecule has 0 saturated heterocycles. The highest BCUT2D eigenvalue weighted by molar-refractivity contribution is 14.1. The maximum absolute atomic E-state index is 11.3. The van der Waals surface area contributed by atoms with Crippen LogP contribution in [0.4, 0.5) is 0 Å². The van der Waals surface area contributed by atoms with Gasteiger partial charge in [0.25, 0.3) is 0 Å². The van der Waals surface area contributed by atoms with Gasteiger partial charge in [0.05, 0.1) is 12.2 Å². The second-order valence-corrected chi connectivity index (χ2v) is 4.77. The fourth-order valence-corrected chi connectivity index (χ4v) is 1.87. The first-order chi connectivity index (χ1) is 6.56. The van der Waals surface area contributed by atoms with E-state index < -0.39 is 0 Å². The maximum Gasteiger partial charge on any atom is 0.163 e. The zero-order chi connectivity index (χ0) is 10.7. The monoisotopic (exact) mass is 368 g/mol. The zero-order valence-electron chi connectivity index (χ0n) is 7.93. The molecule has 14 heavy (non-hydrogen) atoms. The van der Waals surface area contributed by atoms with Gasteiger partial charge < -0.3 is 4.74 Å². The largest absolute Gasteiger partial charge is 0.493 e. The van der Waals surface area contributed by atoms with Crippen molar-refractivity contribution in [2.75, 3.05) is 6.61 Å². The molecule has 0 bridgehead atoms. The molecule has 0 aliphatic heterocycles. The Morgan fingerprint density at radius 1 is 1.57 bits per heavy atom. The van der Waals surface area contributed by atoms with E-state index in [-0.39, 0.29) is 5.78 Å². The van der Waals surface area contributed by atoms with Crippen molar-refractivity contribution in [1.82, 2.24) is 0 Å². The van der Waals surface area contributed by atoms with E-state index in [4.69, 9.17) is 4.74 Å². The Morgan fingerprint density at radius 2 is 2.21 bits per heavy atom. The van der Waals surface area contributed by atoms with E-state index in [0.717, 1.165) is 8.04 Å². The minimum absolute atomic E-state index is 0.0267. The summed E-state index contributed by atoms with van der Waals surface area (Å²) in [6.07, 6.45) is 0. The molecule has 0 atom stereocenters. The summed E-state index contributed by atoms with van der Waals surface area (Å²) in [6, 6.07) is 3.67. The lowest BCUT2D eigenvalue weighted by atomic mass is 10.1. The second-order valence-electron chi connectivity index (χ2n) is 2.75. The van der Waals surface area contributed by atoms with E-state index in [0.29, 0.717) is 17.9 Å². The summed E-state index contributed by atoms with van der Waals surface area (Å²) in [5.74, 6) is 0.672. The number of halogens is 2. The smallest absolute Gasteiger partial charge is 0.163 e. The van der Waals surface area contributed by atoms with Gasteiger partial charge in [0.15, 0.2) is 5.78 Å². The highest BCUT2D eigenvalue weighted by Gasteiger charge is 2.11. The van der Waals surface area contributed by atoms with Crippen molar-refractivity contribution < 1.29 is 9.53 Å². The highest BCUT2D eigenvalue weighted by atomic mass is 127. The molecule has 0 radical (unpaired) electrons. The third-order valence-electron chi connectivity index (χ3n) is 1.70. The number of benzene rings is 1. The third kappa shape index (κ3) is 2.70. The van der Waals surface area contributed by atoms with Crippen LogP contribution in [-0.4, -0.2) is 12.4 Å². The summed E-state index contributed by atoms with van der Waals surface area (Å²) in [5, 5.41) is 0. The van der Waals surface area contributed by atoms with Gasteiger partial charge in [-0.3, -0.25) is 4.79 Å². The summed E-state index contributed by atoms with van der Waals surface area (Å²) in [5.41, 5.74) is 0.638. The van der Waals surface area contributed by atoms with Crippen molar-refractivity contribution in [1.29, 1.82) is 0 Å². The molecule has 0 spiro atoms. The van der Waals surface area contributed by atoms with E-state index in [9.17, 15) is 4.79 Å². The fraction of sp³-hybridized carbons (Fsp3) is 0.300. The van der Waals surface area contributed by atoms with E-state index >= 15 is 0 Å². The van der Waals surface area contributed by atoms with Gasteiger partial charge >= 0.3 is 0 Å². The molecule has 0 amide bonds. The molecule has 4 heteroatoms. The molecule has 0 fully saturated rings. The predicted molar refractivity (Wildman–Crippen MR) is 68.0 cm³/mol. The molecular weight excluding hydrogens is 359 g/mol. The molecular formula is C10H10BrIO2. The normalized spacial score (nSPS) is 10.0. The summed E-state index contributed by atoms with van der Waals surface area (Å²) in [6.45, 7) is 4.00. The molecule has 1 aromatic carbocycles. The van der Waals surface area contributed by atoms with Gasteiger partial charge in [-0.15, -0.1) is 0 Å². The first-order valence-corrected chi connectivity index (χ1v) is 6.06. The lowest BCUT2D eigenvalue weighted by molar-refractivity contribution is 0.101. The molecule has 2 nitrogen and oxygen atoms in total. The van der Waals surface area contributed by atoms with Crippen molar-refractivity contribution in [3.05, 3.63) is 25.7 Å². The van der Waals surface area contributed by atoms with E-state index in [1.165, 1.54) is 0 Å². The van der Waals surface area contributed by atoms with Gasteiger partial charge in [0, 0.05) is 8.04 Å². The standard InChI is InChI=1S/C10H10BrIO2/c1-3-14-10-5-8(11)9(12)4-7(10)6(2)13/h4-5H,3H2,1-2H3. The molecule has 0 aliphatic carbocycles. The molecule has 0 saturated carbocycles. The maximum atomic E-state index is 11.3. The zero-order valence-corrected chi connectivity index (χ0v) is 11.7. The Bertz CT molecular complexity index is 363. The number of hydrogen-bond donors (Lipinski definition) is 0. The molecule has 0 unspecified atom stereocenters. The molecule has 76 valence electrons. The Balaban J connectivity index is 3.24. The average molecular weight is 369 g/mol. The van der Waals surface area contributed by atoms with Crippen LogP contribution in [0.3, 0.4) is 0 Å². The quantitative estimate of drug-likeness (QED) is 0.601. The van der Waals surface area contributed by atoms with Crippen LogP contribution in [0.15, 0.2) is 16.6 Å². The first kappa shape index (κ1) is 12.0. The fourth-order valence-electron chi connectivity index (χ4n) is 1.08. The number of Topliss-reactive ketones (excluding diaryl/α,β-unsaturated/α-hetero) is 1. The van der Waals surface area contributed by atoms with Crippen molar-refractivity contribution in [2.45, 2.75) is 13.8 Å². The van der Waals surface area contributed by atoms with Crippen LogP contribution in [0.1, 0.15) is 24.2 Å². The second kappa shape index (κ2) is 5.11. The summed E-state index contributed by atoms with van der Waals surface area (Å²) >= 11 is 5.57. The van der Waals surface area contributed by atoms with Crippen molar-refractivity contribution in [3.8, 4) is 5.75 Å². The van der Waals surface area contributed by atoms with Crippen LogP contribution in [0, 0.1) is 3.57 Å². The van der Waals surface area contributed by atoms with Crippen LogP contribution in [0.2, 0.25) is 0 Å². The van der Waals surface area contributed by atoms with Gasteiger partial charge in [-0.25, -0.2) is 0 Å². The van der Waals surface area contributed by atoms with Crippen LogP contribution in [0.5, 0.6) is 5.75 Å². The van der Waals surface area contributed by atoms with E-state index in [1.807, 2.05) is 19.1 Å². The highest BCUT2D eigenvalue weighted by Crippen LogP contribution is 2.29. The summed E-state index contributed by atoms with van der Waals surface area (Å²) in [7, 11) is 0. The van der Waals surface area contributed by atoms with Crippen LogP contribution < -0.4 is 4.74 Å². The van der Waals surface area contributed by atoms with Crippen LogP contribution in [-0.2, 0) is 0 Å². The van der Waals surface area contributed by atoms with Gasteiger partial charge in [0.1, 0.15) is 5.75 Å². The minimum Gasteiger partial charge on any atom is -0.493 e. The number of carbonyl (C=O) groups excluding carboxylic acids is 1. The first-order valence-electron chi connectivity index (χ1n) is 4.19. The number of ketones is 1. The number of hydrogen-bond acceptors (Lipinski definition) is 2. The predicted octanol–water partition coefficient (Wildman–Crippen LogP) is 3.66. The molecule has 0 N–H and O–H groups in total. The van der Waals surface area contributed by atoms with Crippen molar-refractivity contribution in [2.24, 2.45) is 0 Å². The average Bonchev–Trinajstić information content (AvgIpc) is 2.11. The van der Waals surface area contributed by atoms with Gasteiger partial charge in [-0.2, -0.15) is 0 Å². The Hall–Kier alpha value is -0.100. The summed E-state index contributed by atoms with van der Waals surface area (Å²) in [4.78, 5) is 11.3. The Kier molecular flexibility index (Phi) is 4.37. The Morgan fingerprint density at radius 3 is 2.71 bits per heavy atom. The number of carbonyl (C=O) groups is 1. The van der Waals surface area contributed by atoms with Crippen molar-refractivity contribution >= 4 is 44.3 Å². The third-order valence-corrected chi connectivity index (χ3v) is 3.99. The van der Waals surface area contributed by atoms with Gasteiger partial charge in [-0.1, -0.05) is 0 Å². The molecule has 0 aromatic heterocycles. The van der Waals surface area contributed by atoms with Gasteiger partial charge in [0.2, 0.25) is 0 Å². The van der Waals surface area contributed by atoms with Crippen LogP contribution in [0.25, 0.3) is 0 Å². The van der Waals surface area contributed by atoms with Gasteiger partial charge in [-0.05, 0) is 64.5 Å². The number of rotatable bonds is 3. The molecule has 0 heterocycles. The van der Waals surface area contributed by atoms with E-state index in [2.05, 4.69) is 38.5 Å². The molecule has 1 rings (SSSR count).